The Morgan fingerprint density at radius 1 is 1.44 bits per heavy atom. The minimum absolute atomic E-state index is 0.102. The summed E-state index contributed by atoms with van der Waals surface area (Å²) in [4.78, 5) is 10.4. The maximum Gasteiger partial charge on any atom is 0.328 e. The molecule has 0 bridgehead atoms. The predicted octanol–water partition coefficient (Wildman–Crippen LogP) is 1.84. The van der Waals surface area contributed by atoms with Crippen LogP contribution in [0.1, 0.15) is 5.56 Å². The molecule has 1 N–H and O–H groups in total. The molecule has 0 saturated carbocycles. The van der Waals surface area contributed by atoms with Crippen LogP contribution in [0.4, 0.5) is 0 Å². The monoisotopic (exact) mass is 260 g/mol. The van der Waals surface area contributed by atoms with E-state index in [0.29, 0.717) is 5.56 Å². The molecule has 0 aliphatic carbocycles. The van der Waals surface area contributed by atoms with Gasteiger partial charge < -0.3 is 5.11 Å². The quantitative estimate of drug-likeness (QED) is 0.842. The molecule has 0 aliphatic heterocycles. The molecule has 0 spiro atoms. The zero-order valence-corrected chi connectivity index (χ0v) is 9.92. The van der Waals surface area contributed by atoms with E-state index >= 15 is 0 Å². The fraction of sp³-hybridized carbons (Fsp3) is 0.100. The fourth-order valence-electron chi connectivity index (χ4n) is 1.03. The molecule has 6 heteroatoms. The molecule has 0 aliphatic rings. The second kappa shape index (κ2) is 4.67. The molecule has 1 aromatic rings. The van der Waals surface area contributed by atoms with Crippen LogP contribution in [0.25, 0.3) is 6.08 Å². The van der Waals surface area contributed by atoms with Crippen LogP contribution in [0.15, 0.2) is 29.2 Å². The largest absolute Gasteiger partial charge is 0.478 e. The van der Waals surface area contributed by atoms with E-state index in [0.717, 1.165) is 12.3 Å². The average molecular weight is 261 g/mol. The van der Waals surface area contributed by atoms with Gasteiger partial charge in [0.2, 0.25) is 0 Å². The summed E-state index contributed by atoms with van der Waals surface area (Å²) in [5.41, 5.74) is 0.455. The zero-order valence-electron chi connectivity index (χ0n) is 8.34. The van der Waals surface area contributed by atoms with Crippen LogP contribution in [0, 0.1) is 0 Å². The maximum absolute atomic E-state index is 11.2. The highest BCUT2D eigenvalue weighted by molar-refractivity contribution is 7.90. The number of aliphatic carboxylic acids is 1. The predicted molar refractivity (Wildman–Crippen MR) is 61.2 cm³/mol. The van der Waals surface area contributed by atoms with Gasteiger partial charge in [-0.05, 0) is 23.8 Å². The molecule has 0 heterocycles. The molecule has 86 valence electrons. The van der Waals surface area contributed by atoms with E-state index in [1.54, 1.807) is 0 Å². The van der Waals surface area contributed by atoms with Gasteiger partial charge in [-0.3, -0.25) is 0 Å². The van der Waals surface area contributed by atoms with Crippen molar-refractivity contribution in [1.29, 1.82) is 0 Å². The van der Waals surface area contributed by atoms with Gasteiger partial charge in [0.1, 0.15) is 0 Å². The molecule has 1 aromatic carbocycles. The van der Waals surface area contributed by atoms with Gasteiger partial charge >= 0.3 is 5.97 Å². The number of carbonyl (C=O) groups is 1. The van der Waals surface area contributed by atoms with Crippen molar-refractivity contribution in [3.05, 3.63) is 34.9 Å². The molecule has 0 aromatic heterocycles. The Morgan fingerprint density at radius 3 is 2.50 bits per heavy atom. The summed E-state index contributed by atoms with van der Waals surface area (Å²) in [6.45, 7) is 0. The third kappa shape index (κ3) is 3.36. The van der Waals surface area contributed by atoms with E-state index in [4.69, 9.17) is 16.7 Å². The minimum Gasteiger partial charge on any atom is -0.478 e. The smallest absolute Gasteiger partial charge is 0.328 e. The van der Waals surface area contributed by atoms with Crippen molar-refractivity contribution in [3.63, 3.8) is 0 Å². The van der Waals surface area contributed by atoms with Gasteiger partial charge in [0, 0.05) is 17.4 Å². The first kappa shape index (κ1) is 12.7. The molecule has 0 atom stereocenters. The molecule has 0 radical (unpaired) electrons. The van der Waals surface area contributed by atoms with Gasteiger partial charge in [0.05, 0.1) is 4.90 Å². The number of benzene rings is 1. The molecule has 0 saturated heterocycles. The van der Waals surface area contributed by atoms with Gasteiger partial charge in [-0.2, -0.15) is 0 Å². The van der Waals surface area contributed by atoms with Crippen molar-refractivity contribution in [2.75, 3.05) is 6.26 Å². The van der Waals surface area contributed by atoms with E-state index in [1.165, 1.54) is 24.3 Å². The number of rotatable bonds is 3. The summed E-state index contributed by atoms with van der Waals surface area (Å²) in [5, 5.41) is 8.62. The number of halogens is 1. The summed E-state index contributed by atoms with van der Waals surface area (Å²) in [7, 11) is -3.30. The van der Waals surface area contributed by atoms with Crippen LogP contribution in [-0.4, -0.2) is 25.7 Å². The summed E-state index contributed by atoms with van der Waals surface area (Å²) in [5.74, 6) is -1.09. The van der Waals surface area contributed by atoms with Gasteiger partial charge in [0.15, 0.2) is 9.84 Å². The van der Waals surface area contributed by atoms with Crippen molar-refractivity contribution in [3.8, 4) is 0 Å². The third-order valence-corrected chi connectivity index (χ3v) is 3.24. The van der Waals surface area contributed by atoms with Crippen LogP contribution in [-0.2, 0) is 14.6 Å². The summed E-state index contributed by atoms with van der Waals surface area (Å²) in [6.07, 6.45) is 3.31. The molecule has 4 nitrogen and oxygen atoms in total. The number of hydrogen-bond donors (Lipinski definition) is 1. The lowest BCUT2D eigenvalue weighted by Crippen LogP contribution is -1.97. The lowest BCUT2D eigenvalue weighted by Gasteiger charge is -2.01. The second-order valence-corrected chi connectivity index (χ2v) is 5.55. The highest BCUT2D eigenvalue weighted by Gasteiger charge is 2.08. The Kier molecular flexibility index (Phi) is 3.72. The zero-order chi connectivity index (χ0) is 12.3. The first-order valence-electron chi connectivity index (χ1n) is 4.21. The van der Waals surface area contributed by atoms with Crippen LogP contribution < -0.4 is 0 Å². The van der Waals surface area contributed by atoms with Crippen LogP contribution >= 0.6 is 11.6 Å². The number of hydrogen-bond acceptors (Lipinski definition) is 3. The van der Waals surface area contributed by atoms with E-state index < -0.39 is 15.8 Å². The van der Waals surface area contributed by atoms with Crippen LogP contribution in [0.5, 0.6) is 0 Å². The molecule has 0 unspecified atom stereocenters. The average Bonchev–Trinajstić information content (AvgIpc) is 2.14. The van der Waals surface area contributed by atoms with Crippen molar-refractivity contribution in [2.45, 2.75) is 4.90 Å². The van der Waals surface area contributed by atoms with Gasteiger partial charge in [-0.15, -0.1) is 0 Å². The number of carboxylic acids is 1. The Morgan fingerprint density at radius 2 is 2.06 bits per heavy atom. The summed E-state index contributed by atoms with van der Waals surface area (Å²) in [6, 6.07) is 4.12. The topological polar surface area (TPSA) is 71.4 Å². The minimum atomic E-state index is -3.30. The molecule has 1 rings (SSSR count). The van der Waals surface area contributed by atoms with Crippen molar-refractivity contribution >= 4 is 33.5 Å². The van der Waals surface area contributed by atoms with Gasteiger partial charge in [0.25, 0.3) is 0 Å². The van der Waals surface area contributed by atoms with Gasteiger partial charge in [-0.25, -0.2) is 13.2 Å². The lowest BCUT2D eigenvalue weighted by atomic mass is 10.2. The Hall–Kier alpha value is -1.33. The van der Waals surface area contributed by atoms with E-state index in [2.05, 4.69) is 0 Å². The van der Waals surface area contributed by atoms with Crippen molar-refractivity contribution in [1.82, 2.24) is 0 Å². The standard InChI is InChI=1S/C10H9ClO4S/c1-16(14,15)8-4-2-7(9(11)6-8)3-5-10(12)13/h2-6H,1H3,(H,12,13)/b5-3+. The Labute approximate surface area is 98.1 Å². The first-order valence-corrected chi connectivity index (χ1v) is 6.48. The third-order valence-electron chi connectivity index (χ3n) is 1.81. The molecular formula is C10H9ClO4S. The summed E-state index contributed by atoms with van der Waals surface area (Å²) >= 11 is 5.81. The molecule has 0 amide bonds. The van der Waals surface area contributed by atoms with E-state index in [9.17, 15) is 13.2 Å². The Balaban J connectivity index is 3.15. The normalized spacial score (nSPS) is 11.9. The fourth-order valence-corrected chi connectivity index (χ4v) is 1.99. The van der Waals surface area contributed by atoms with E-state index in [-0.39, 0.29) is 9.92 Å². The molecule has 0 fully saturated rings. The van der Waals surface area contributed by atoms with Gasteiger partial charge in [-0.1, -0.05) is 17.7 Å². The van der Waals surface area contributed by atoms with Crippen LogP contribution in [0.2, 0.25) is 5.02 Å². The highest BCUT2D eigenvalue weighted by atomic mass is 35.5. The SMILES string of the molecule is CS(=O)(=O)c1ccc(/C=C/C(=O)O)c(Cl)c1. The van der Waals surface area contributed by atoms with E-state index in [1.807, 2.05) is 0 Å². The first-order chi connectivity index (χ1) is 7.30. The van der Waals surface area contributed by atoms with Crippen molar-refractivity contribution in [2.24, 2.45) is 0 Å². The molecular weight excluding hydrogens is 252 g/mol. The number of sulfone groups is 1. The lowest BCUT2D eigenvalue weighted by molar-refractivity contribution is -0.131. The maximum atomic E-state index is 11.2. The van der Waals surface area contributed by atoms with Crippen molar-refractivity contribution < 1.29 is 18.3 Å². The van der Waals surface area contributed by atoms with Crippen LogP contribution in [0.3, 0.4) is 0 Å². The number of carboxylic acid groups (broad SMARTS) is 1. The highest BCUT2D eigenvalue weighted by Crippen LogP contribution is 2.21. The summed E-state index contributed by atoms with van der Waals surface area (Å²) < 4.78 is 22.4. The Bertz CT molecular complexity index is 546. The second-order valence-electron chi connectivity index (χ2n) is 3.13. The molecule has 16 heavy (non-hydrogen) atoms.